The maximum Gasteiger partial charge on any atom is 0.167 e. The molecule has 2 N–H and O–H groups in total. The van der Waals surface area contributed by atoms with Crippen LogP contribution in [0, 0.1) is 0 Å². The highest BCUT2D eigenvalue weighted by molar-refractivity contribution is 7.90. The molecule has 2 unspecified atom stereocenters. The largest absolute Gasteiger partial charge is 0.598 e. The molecule has 2 aromatic heterocycles. The molecule has 3 heterocycles. The lowest BCUT2D eigenvalue weighted by Gasteiger charge is -2.24. The first kappa shape index (κ1) is 23.8. The van der Waals surface area contributed by atoms with Gasteiger partial charge in [0.05, 0.1) is 12.1 Å². The molecule has 0 amide bonds. The third-order valence-corrected chi connectivity index (χ3v) is 7.72. The van der Waals surface area contributed by atoms with Crippen molar-refractivity contribution in [3.05, 3.63) is 78.0 Å². The van der Waals surface area contributed by atoms with Crippen molar-refractivity contribution in [2.24, 2.45) is 0 Å². The van der Waals surface area contributed by atoms with Gasteiger partial charge in [0.1, 0.15) is 16.8 Å². The molecule has 1 saturated heterocycles. The molecule has 8 heteroatoms. The van der Waals surface area contributed by atoms with Gasteiger partial charge in [0.2, 0.25) is 0 Å². The normalized spacial score (nSPS) is 17.9. The van der Waals surface area contributed by atoms with Crippen LogP contribution in [0.5, 0.6) is 0 Å². The van der Waals surface area contributed by atoms with Gasteiger partial charge in [0, 0.05) is 47.5 Å². The number of hydrogen-bond acceptors (Lipinski definition) is 7. The first-order valence-corrected chi connectivity index (χ1v) is 13.2. The molecule has 0 aliphatic carbocycles. The van der Waals surface area contributed by atoms with Crippen LogP contribution in [0.15, 0.2) is 71.3 Å². The molecule has 0 bridgehead atoms. The molecule has 0 radical (unpaired) electrons. The van der Waals surface area contributed by atoms with Crippen LogP contribution in [0.1, 0.15) is 37.6 Å². The number of anilines is 1. The Balaban J connectivity index is 1.51. The lowest BCUT2D eigenvalue weighted by Crippen LogP contribution is -2.35. The molecule has 7 nitrogen and oxygen atoms in total. The number of pyridine rings is 1. The molecular weight excluding hydrogens is 460 g/mol. The number of β-amino-alcohol motifs (C(OH)–C–C–N with tert-alkyl or cyclic N) is 1. The van der Waals surface area contributed by atoms with E-state index in [0.717, 1.165) is 52.3 Å². The lowest BCUT2D eigenvalue weighted by molar-refractivity contribution is 0.198. The number of rotatable bonds is 8. The molecular formula is C27H30N4O3S. The number of benzene rings is 2. The van der Waals surface area contributed by atoms with Crippen LogP contribution >= 0.6 is 0 Å². The van der Waals surface area contributed by atoms with Crippen molar-refractivity contribution in [2.75, 3.05) is 18.0 Å². The van der Waals surface area contributed by atoms with Crippen LogP contribution < -0.4 is 9.62 Å². The van der Waals surface area contributed by atoms with Crippen molar-refractivity contribution in [1.82, 2.24) is 14.9 Å². The van der Waals surface area contributed by atoms with E-state index in [2.05, 4.69) is 20.8 Å². The molecule has 1 fully saturated rings. The Labute approximate surface area is 208 Å². The van der Waals surface area contributed by atoms with Crippen molar-refractivity contribution in [1.29, 1.82) is 0 Å². The van der Waals surface area contributed by atoms with Crippen LogP contribution in [0.4, 0.5) is 5.82 Å². The summed E-state index contributed by atoms with van der Waals surface area (Å²) in [6.45, 7) is 5.26. The van der Waals surface area contributed by atoms with Gasteiger partial charge in [0.15, 0.2) is 5.58 Å². The molecule has 3 atom stereocenters. The highest BCUT2D eigenvalue weighted by Gasteiger charge is 2.27. The Hall–Kier alpha value is -2.91. The minimum atomic E-state index is -1.24. The Morgan fingerprint density at radius 2 is 1.91 bits per heavy atom. The maximum absolute atomic E-state index is 12.9. The topological polar surface area (TPSA) is 97.5 Å². The van der Waals surface area contributed by atoms with Crippen molar-refractivity contribution in [2.45, 2.75) is 44.1 Å². The average Bonchev–Trinajstić information content (AvgIpc) is 3.50. The summed E-state index contributed by atoms with van der Waals surface area (Å²) < 4.78 is 21.9. The third kappa shape index (κ3) is 5.21. The predicted molar refractivity (Wildman–Crippen MR) is 139 cm³/mol. The quantitative estimate of drug-likeness (QED) is 0.353. The summed E-state index contributed by atoms with van der Waals surface area (Å²) in [5.74, 6) is 0.860. The first-order valence-electron chi connectivity index (χ1n) is 12.0. The van der Waals surface area contributed by atoms with Gasteiger partial charge in [-0.3, -0.25) is 0 Å². The Morgan fingerprint density at radius 1 is 1.11 bits per heavy atom. The number of aliphatic hydroxyl groups is 1. The van der Waals surface area contributed by atoms with Gasteiger partial charge in [-0.25, -0.2) is 4.98 Å². The SMILES string of the molecule is CC(C)[S+]([O-])NC(Cc1cccc(N2CC[C@H](O)C2)n1)c1ccccc1-c1noc2ccccc12. The van der Waals surface area contributed by atoms with E-state index in [-0.39, 0.29) is 17.4 Å². The zero-order valence-corrected chi connectivity index (χ0v) is 20.7. The molecule has 1 aliphatic rings. The van der Waals surface area contributed by atoms with Crippen molar-refractivity contribution in [3.63, 3.8) is 0 Å². The standard InChI is InChI=1S/C27H30N4O3S/c1-18(2)35(33)30-24(16-19-8-7-13-26(28-19)31-15-14-20(32)17-31)21-9-3-4-10-22(21)27-23-11-5-6-12-25(23)34-29-27/h3-13,18,20,24,30,32H,14-17H2,1-2H3/t20-,24?,35?/m0/s1. The zero-order valence-electron chi connectivity index (χ0n) is 19.9. The van der Waals surface area contributed by atoms with Crippen LogP contribution in [0.25, 0.3) is 22.2 Å². The minimum Gasteiger partial charge on any atom is -0.598 e. The maximum atomic E-state index is 12.9. The summed E-state index contributed by atoms with van der Waals surface area (Å²) in [4.78, 5) is 7.00. The van der Waals surface area contributed by atoms with Crippen LogP contribution in [0.3, 0.4) is 0 Å². The fourth-order valence-corrected chi connectivity index (χ4v) is 5.27. The average molecular weight is 491 g/mol. The van der Waals surface area contributed by atoms with Gasteiger partial charge < -0.3 is 19.1 Å². The molecule has 182 valence electrons. The fraction of sp³-hybridized carbons (Fsp3) is 0.333. The summed E-state index contributed by atoms with van der Waals surface area (Å²) in [5.41, 5.74) is 4.32. The summed E-state index contributed by atoms with van der Waals surface area (Å²) in [5, 5.41) is 15.2. The first-order chi connectivity index (χ1) is 17.0. The van der Waals surface area contributed by atoms with E-state index in [1.807, 2.05) is 74.5 Å². The number of fused-ring (bicyclic) bond motifs is 1. The molecule has 4 aromatic rings. The van der Waals surface area contributed by atoms with E-state index in [1.54, 1.807) is 0 Å². The van der Waals surface area contributed by atoms with E-state index in [4.69, 9.17) is 9.51 Å². The van der Waals surface area contributed by atoms with E-state index in [1.165, 1.54) is 0 Å². The summed E-state index contributed by atoms with van der Waals surface area (Å²) in [7, 11) is 0. The monoisotopic (exact) mass is 490 g/mol. The summed E-state index contributed by atoms with van der Waals surface area (Å²) >= 11 is -1.24. The molecule has 0 spiro atoms. The number of hydrogen-bond donors (Lipinski definition) is 2. The van der Waals surface area contributed by atoms with Crippen molar-refractivity contribution >= 4 is 28.1 Å². The number of aliphatic hydroxyl groups excluding tert-OH is 1. The molecule has 35 heavy (non-hydrogen) atoms. The highest BCUT2D eigenvalue weighted by Crippen LogP contribution is 2.34. The smallest absolute Gasteiger partial charge is 0.167 e. The second-order valence-corrected chi connectivity index (χ2v) is 11.0. The van der Waals surface area contributed by atoms with Crippen LogP contribution in [-0.4, -0.2) is 44.2 Å². The number of nitrogens with zero attached hydrogens (tertiary/aromatic N) is 3. The second-order valence-electron chi connectivity index (χ2n) is 9.21. The van der Waals surface area contributed by atoms with Crippen molar-refractivity contribution in [3.8, 4) is 11.3 Å². The van der Waals surface area contributed by atoms with Gasteiger partial charge in [0.25, 0.3) is 0 Å². The van der Waals surface area contributed by atoms with Gasteiger partial charge in [-0.2, -0.15) is 0 Å². The molecule has 2 aromatic carbocycles. The van der Waals surface area contributed by atoms with Gasteiger partial charge >= 0.3 is 0 Å². The van der Waals surface area contributed by atoms with Crippen LogP contribution in [-0.2, 0) is 17.8 Å². The molecule has 5 rings (SSSR count). The number of aromatic nitrogens is 2. The van der Waals surface area contributed by atoms with Gasteiger partial charge in [-0.1, -0.05) is 47.6 Å². The van der Waals surface area contributed by atoms with Crippen molar-refractivity contribution < 1.29 is 14.2 Å². The van der Waals surface area contributed by atoms with E-state index >= 15 is 0 Å². The number of nitrogens with one attached hydrogen (secondary N) is 1. The third-order valence-electron chi connectivity index (χ3n) is 6.35. The summed E-state index contributed by atoms with van der Waals surface area (Å²) in [6.07, 6.45) is 0.991. The fourth-order valence-electron chi connectivity index (χ4n) is 4.50. The highest BCUT2D eigenvalue weighted by atomic mass is 32.2. The second kappa shape index (κ2) is 10.4. The molecule has 0 saturated carbocycles. The Kier molecular flexibility index (Phi) is 7.06. The van der Waals surface area contributed by atoms with E-state index < -0.39 is 11.4 Å². The van der Waals surface area contributed by atoms with Gasteiger partial charge in [-0.15, -0.1) is 4.72 Å². The Bertz CT molecular complexity index is 1290. The lowest BCUT2D eigenvalue weighted by atomic mass is 9.94. The Morgan fingerprint density at radius 3 is 2.71 bits per heavy atom. The summed E-state index contributed by atoms with van der Waals surface area (Å²) in [6, 6.07) is 21.6. The van der Waals surface area contributed by atoms with E-state index in [9.17, 15) is 9.66 Å². The zero-order chi connectivity index (χ0) is 24.4. The molecule has 1 aliphatic heterocycles. The predicted octanol–water partition coefficient (Wildman–Crippen LogP) is 4.41. The van der Waals surface area contributed by atoms with E-state index in [0.29, 0.717) is 13.0 Å². The van der Waals surface area contributed by atoms with Crippen LogP contribution in [0.2, 0.25) is 0 Å². The number of para-hydroxylation sites is 1. The van der Waals surface area contributed by atoms with Gasteiger partial charge in [-0.05, 0) is 50.1 Å². The minimum absolute atomic E-state index is 0.0390.